The number of anilines is 1. The third kappa shape index (κ3) is 4.43. The van der Waals surface area contributed by atoms with Crippen molar-refractivity contribution in [2.75, 3.05) is 5.32 Å². The van der Waals surface area contributed by atoms with Gasteiger partial charge >= 0.3 is 6.03 Å². The van der Waals surface area contributed by atoms with Gasteiger partial charge in [0.25, 0.3) is 5.91 Å². The topological polar surface area (TPSA) is 84.0 Å². The van der Waals surface area contributed by atoms with Gasteiger partial charge in [0.15, 0.2) is 5.82 Å². The smallest absolute Gasteiger partial charge is 0.291 e. The van der Waals surface area contributed by atoms with E-state index in [9.17, 15) is 9.59 Å². The Morgan fingerprint density at radius 2 is 1.88 bits per heavy atom. The van der Waals surface area contributed by atoms with Crippen molar-refractivity contribution >= 4 is 41.0 Å². The summed E-state index contributed by atoms with van der Waals surface area (Å²) in [4.78, 5) is 32.6. The molecule has 2 N–H and O–H groups in total. The van der Waals surface area contributed by atoms with Gasteiger partial charge in [-0.05, 0) is 25.5 Å². The molecule has 2 aromatic rings. The molecule has 6 nitrogen and oxygen atoms in total. The van der Waals surface area contributed by atoms with Gasteiger partial charge in [0, 0.05) is 0 Å². The van der Waals surface area contributed by atoms with E-state index in [1.54, 1.807) is 6.07 Å². The molecule has 0 saturated heterocycles. The van der Waals surface area contributed by atoms with E-state index >= 15 is 0 Å². The predicted molar refractivity (Wildman–Crippen MR) is 93.7 cm³/mol. The van der Waals surface area contributed by atoms with Crippen LogP contribution in [0.25, 0.3) is 0 Å². The maximum Gasteiger partial charge on any atom is 0.327 e. The van der Waals surface area contributed by atoms with Crippen molar-refractivity contribution < 1.29 is 9.59 Å². The van der Waals surface area contributed by atoms with E-state index in [-0.39, 0.29) is 21.4 Å². The second-order valence-electron chi connectivity index (χ2n) is 5.04. The first-order chi connectivity index (χ1) is 11.4. The third-order valence-electron chi connectivity index (χ3n) is 3.19. The number of amides is 3. The fourth-order valence-corrected chi connectivity index (χ4v) is 2.65. The first-order valence-electron chi connectivity index (χ1n) is 7.31. The van der Waals surface area contributed by atoms with Crippen LogP contribution >= 0.6 is 23.2 Å². The average molecular weight is 367 g/mol. The Morgan fingerprint density at radius 3 is 2.46 bits per heavy atom. The standard InChI is InChI=1S/C16H16Cl2N4O2/c1-3-5-12-9(2)20-13(8-19-12)21-16(24)22-15(23)14-10(17)6-4-7-11(14)18/h4,6-8H,3,5H2,1-2H3,(H2,20,21,22,23,24). The van der Waals surface area contributed by atoms with Crippen molar-refractivity contribution in [2.45, 2.75) is 26.7 Å². The van der Waals surface area contributed by atoms with Crippen molar-refractivity contribution in [3.05, 3.63) is 51.4 Å². The Kier molecular flexibility index (Phi) is 6.11. The van der Waals surface area contributed by atoms with Crippen molar-refractivity contribution in [3.8, 4) is 0 Å². The number of imide groups is 1. The Labute approximate surface area is 149 Å². The largest absolute Gasteiger partial charge is 0.327 e. The molecule has 0 saturated carbocycles. The number of carbonyl (C=O) groups excluding carboxylic acids is 2. The number of carbonyl (C=O) groups is 2. The highest BCUT2D eigenvalue weighted by Crippen LogP contribution is 2.23. The molecule has 0 radical (unpaired) electrons. The predicted octanol–water partition coefficient (Wildman–Crippen LogP) is 4.01. The van der Waals surface area contributed by atoms with Crippen LogP contribution in [0, 0.1) is 6.92 Å². The summed E-state index contributed by atoms with van der Waals surface area (Å²) in [6.07, 6.45) is 3.22. The van der Waals surface area contributed by atoms with Crippen LogP contribution in [0.15, 0.2) is 24.4 Å². The van der Waals surface area contributed by atoms with E-state index in [1.807, 2.05) is 13.8 Å². The molecular weight excluding hydrogens is 351 g/mol. The molecule has 3 amide bonds. The lowest BCUT2D eigenvalue weighted by Crippen LogP contribution is -2.35. The van der Waals surface area contributed by atoms with Crippen LogP contribution in [0.2, 0.25) is 10.0 Å². The zero-order valence-electron chi connectivity index (χ0n) is 13.2. The highest BCUT2D eigenvalue weighted by atomic mass is 35.5. The van der Waals surface area contributed by atoms with Crippen LogP contribution in [-0.4, -0.2) is 21.9 Å². The van der Waals surface area contributed by atoms with Gasteiger partial charge in [0.1, 0.15) is 0 Å². The molecule has 0 fully saturated rings. The van der Waals surface area contributed by atoms with Gasteiger partial charge in [-0.2, -0.15) is 0 Å². The number of aromatic nitrogens is 2. The van der Waals surface area contributed by atoms with Crippen LogP contribution < -0.4 is 10.6 Å². The molecule has 0 aliphatic heterocycles. The first-order valence-corrected chi connectivity index (χ1v) is 8.06. The van der Waals surface area contributed by atoms with Crippen LogP contribution in [0.3, 0.4) is 0 Å². The van der Waals surface area contributed by atoms with Crippen LogP contribution in [-0.2, 0) is 6.42 Å². The summed E-state index contributed by atoms with van der Waals surface area (Å²) < 4.78 is 0. The SMILES string of the molecule is CCCc1ncc(NC(=O)NC(=O)c2c(Cl)cccc2Cl)nc1C. The lowest BCUT2D eigenvalue weighted by molar-refractivity contribution is 0.0967. The number of aryl methyl sites for hydroxylation is 2. The maximum absolute atomic E-state index is 12.1. The van der Waals surface area contributed by atoms with Crippen LogP contribution in [0.5, 0.6) is 0 Å². The minimum absolute atomic E-state index is 0.0385. The lowest BCUT2D eigenvalue weighted by Gasteiger charge is -2.09. The highest BCUT2D eigenvalue weighted by molar-refractivity contribution is 6.40. The van der Waals surface area contributed by atoms with E-state index in [0.29, 0.717) is 0 Å². The number of hydrogen-bond donors (Lipinski definition) is 2. The first kappa shape index (κ1) is 18.2. The fraction of sp³-hybridized carbons (Fsp3) is 0.250. The average Bonchev–Trinajstić information content (AvgIpc) is 2.49. The second-order valence-corrected chi connectivity index (χ2v) is 5.86. The molecule has 2 rings (SSSR count). The molecule has 24 heavy (non-hydrogen) atoms. The lowest BCUT2D eigenvalue weighted by atomic mass is 10.2. The molecule has 0 atom stereocenters. The number of nitrogens with one attached hydrogen (secondary N) is 2. The van der Waals surface area contributed by atoms with Crippen molar-refractivity contribution in [2.24, 2.45) is 0 Å². The molecule has 0 spiro atoms. The van der Waals surface area contributed by atoms with E-state index in [4.69, 9.17) is 23.2 Å². The monoisotopic (exact) mass is 366 g/mol. The summed E-state index contributed by atoms with van der Waals surface area (Å²) in [5, 5.41) is 4.94. The summed E-state index contributed by atoms with van der Waals surface area (Å²) in [5.41, 5.74) is 1.65. The molecule has 1 aromatic carbocycles. The second kappa shape index (κ2) is 8.08. The molecule has 126 valence electrons. The molecule has 1 heterocycles. The Hall–Kier alpha value is -2.18. The summed E-state index contributed by atoms with van der Waals surface area (Å²) in [5.74, 6) is -0.446. The van der Waals surface area contributed by atoms with Crippen molar-refractivity contribution in [1.29, 1.82) is 0 Å². The van der Waals surface area contributed by atoms with Gasteiger partial charge < -0.3 is 0 Å². The van der Waals surface area contributed by atoms with Gasteiger partial charge in [-0.1, -0.05) is 42.6 Å². The van der Waals surface area contributed by atoms with Crippen LogP contribution in [0.1, 0.15) is 35.1 Å². The van der Waals surface area contributed by atoms with E-state index in [1.165, 1.54) is 18.3 Å². The summed E-state index contributed by atoms with van der Waals surface area (Å²) in [7, 11) is 0. The molecule has 8 heteroatoms. The number of urea groups is 1. The zero-order chi connectivity index (χ0) is 17.7. The minimum Gasteiger partial charge on any atom is -0.291 e. The van der Waals surface area contributed by atoms with E-state index < -0.39 is 11.9 Å². The van der Waals surface area contributed by atoms with Gasteiger partial charge in [0.2, 0.25) is 0 Å². The molecule has 1 aromatic heterocycles. The Bertz CT molecular complexity index is 760. The number of rotatable bonds is 4. The van der Waals surface area contributed by atoms with Gasteiger partial charge in [0.05, 0.1) is 33.2 Å². The molecule has 0 bridgehead atoms. The zero-order valence-corrected chi connectivity index (χ0v) is 14.7. The summed E-state index contributed by atoms with van der Waals surface area (Å²) in [6, 6.07) is 3.90. The van der Waals surface area contributed by atoms with E-state index in [2.05, 4.69) is 20.6 Å². The molecular formula is C16H16Cl2N4O2. The van der Waals surface area contributed by atoms with Gasteiger partial charge in [-0.25, -0.2) is 9.78 Å². The van der Waals surface area contributed by atoms with Crippen LogP contribution in [0.4, 0.5) is 10.6 Å². The van der Waals surface area contributed by atoms with E-state index in [0.717, 1.165) is 24.2 Å². The minimum atomic E-state index is -0.743. The molecule has 0 unspecified atom stereocenters. The van der Waals surface area contributed by atoms with Crippen molar-refractivity contribution in [3.63, 3.8) is 0 Å². The number of benzene rings is 1. The number of nitrogens with zero attached hydrogens (tertiary/aromatic N) is 2. The summed E-state index contributed by atoms with van der Waals surface area (Å²) >= 11 is 11.9. The number of hydrogen-bond acceptors (Lipinski definition) is 4. The quantitative estimate of drug-likeness (QED) is 0.855. The van der Waals surface area contributed by atoms with Crippen molar-refractivity contribution in [1.82, 2.24) is 15.3 Å². The Balaban J connectivity index is 2.05. The normalized spacial score (nSPS) is 10.3. The number of halogens is 2. The van der Waals surface area contributed by atoms with Gasteiger partial charge in [-0.15, -0.1) is 0 Å². The van der Waals surface area contributed by atoms with Gasteiger partial charge in [-0.3, -0.25) is 20.4 Å². The third-order valence-corrected chi connectivity index (χ3v) is 3.82. The summed E-state index contributed by atoms with van der Waals surface area (Å²) in [6.45, 7) is 3.86. The molecule has 0 aliphatic rings. The molecule has 0 aliphatic carbocycles. The highest BCUT2D eigenvalue weighted by Gasteiger charge is 2.17. The fourth-order valence-electron chi connectivity index (χ4n) is 2.08. The Morgan fingerprint density at radius 1 is 1.21 bits per heavy atom. The maximum atomic E-state index is 12.1.